The highest BCUT2D eigenvalue weighted by Crippen LogP contribution is 2.33. The first-order valence-electron chi connectivity index (χ1n) is 8.43. The van der Waals surface area contributed by atoms with Gasteiger partial charge in [-0.25, -0.2) is 0 Å². The lowest BCUT2D eigenvalue weighted by Gasteiger charge is -2.13. The number of halogens is 1. The molecule has 0 saturated carbocycles. The molecule has 0 fully saturated rings. The van der Waals surface area contributed by atoms with Gasteiger partial charge in [-0.3, -0.25) is 9.59 Å². The van der Waals surface area contributed by atoms with Gasteiger partial charge < -0.3 is 10.6 Å². The molecule has 0 aliphatic heterocycles. The fourth-order valence-electron chi connectivity index (χ4n) is 2.81. The summed E-state index contributed by atoms with van der Waals surface area (Å²) in [5.74, 6) is -0.00850. The maximum absolute atomic E-state index is 12.4. The Labute approximate surface area is 167 Å². The number of nitrogens with one attached hydrogen (secondary N) is 2. The van der Waals surface area contributed by atoms with Crippen LogP contribution in [0.5, 0.6) is 0 Å². The molecule has 0 atom stereocenters. The molecule has 27 heavy (non-hydrogen) atoms. The Morgan fingerprint density at radius 1 is 0.963 bits per heavy atom. The van der Waals surface area contributed by atoms with E-state index in [2.05, 4.69) is 10.6 Å². The molecule has 2 amide bonds. The zero-order chi connectivity index (χ0) is 19.4. The molecule has 0 spiro atoms. The number of amides is 2. The molecule has 2 N–H and O–H groups in total. The zero-order valence-corrected chi connectivity index (χ0v) is 16.6. The summed E-state index contributed by atoms with van der Waals surface area (Å²) in [7, 11) is 0. The molecule has 138 valence electrons. The van der Waals surface area contributed by atoms with E-state index in [1.54, 1.807) is 12.1 Å². The van der Waals surface area contributed by atoms with Crippen LogP contribution >= 0.6 is 23.4 Å². The number of benzene rings is 3. The average Bonchev–Trinajstić information content (AvgIpc) is 2.63. The molecule has 6 heteroatoms. The van der Waals surface area contributed by atoms with Crippen molar-refractivity contribution < 1.29 is 9.59 Å². The van der Waals surface area contributed by atoms with Crippen LogP contribution < -0.4 is 10.6 Å². The molecule has 0 unspecified atom stereocenters. The van der Waals surface area contributed by atoms with E-state index in [0.29, 0.717) is 16.4 Å². The number of thioether (sulfide) groups is 1. The predicted octanol–water partition coefficient (Wildman–Crippen LogP) is 5.49. The summed E-state index contributed by atoms with van der Waals surface area (Å²) >= 11 is 7.78. The van der Waals surface area contributed by atoms with Gasteiger partial charge in [-0.1, -0.05) is 41.9 Å². The summed E-state index contributed by atoms with van der Waals surface area (Å²) in [5.41, 5.74) is 2.19. The number of fused-ring (bicyclic) bond motifs is 1. The monoisotopic (exact) mass is 398 g/mol. The Morgan fingerprint density at radius 3 is 2.30 bits per heavy atom. The summed E-state index contributed by atoms with van der Waals surface area (Å²) in [6.07, 6.45) is 0. The van der Waals surface area contributed by atoms with E-state index in [4.69, 9.17) is 11.6 Å². The second kappa shape index (κ2) is 8.46. The molecule has 0 bridgehead atoms. The Bertz CT molecular complexity index is 1010. The molecule has 0 aliphatic carbocycles. The SMILES string of the molecule is CC(=O)Nc1cccc(NC(=O)CSc2cccc3cccc(Cl)c23)c1C. The molecule has 3 rings (SSSR count). The van der Waals surface area contributed by atoms with Gasteiger partial charge in [-0.05, 0) is 42.1 Å². The average molecular weight is 399 g/mol. The van der Waals surface area contributed by atoms with Gasteiger partial charge in [0.05, 0.1) is 5.75 Å². The number of hydrogen-bond donors (Lipinski definition) is 2. The van der Waals surface area contributed by atoms with Crippen LogP contribution in [0, 0.1) is 6.92 Å². The molecule has 0 saturated heterocycles. The van der Waals surface area contributed by atoms with Crippen LogP contribution in [0.25, 0.3) is 10.8 Å². The van der Waals surface area contributed by atoms with Gasteiger partial charge in [0.15, 0.2) is 0 Å². The summed E-state index contributed by atoms with van der Waals surface area (Å²) in [4.78, 5) is 24.7. The topological polar surface area (TPSA) is 58.2 Å². The summed E-state index contributed by atoms with van der Waals surface area (Å²) in [6.45, 7) is 3.31. The van der Waals surface area contributed by atoms with E-state index in [1.807, 2.05) is 49.4 Å². The lowest BCUT2D eigenvalue weighted by molar-refractivity contribution is -0.114. The van der Waals surface area contributed by atoms with Crippen molar-refractivity contribution in [3.8, 4) is 0 Å². The van der Waals surface area contributed by atoms with Crippen LogP contribution in [0.3, 0.4) is 0 Å². The van der Waals surface area contributed by atoms with E-state index in [-0.39, 0.29) is 17.6 Å². The fourth-order valence-corrected chi connectivity index (χ4v) is 4.05. The number of rotatable bonds is 5. The maximum Gasteiger partial charge on any atom is 0.234 e. The van der Waals surface area contributed by atoms with Crippen LogP contribution in [-0.4, -0.2) is 17.6 Å². The molecular weight excluding hydrogens is 380 g/mol. The van der Waals surface area contributed by atoms with Gasteiger partial charge in [-0.15, -0.1) is 11.8 Å². The molecule has 3 aromatic rings. The normalized spacial score (nSPS) is 10.6. The molecule has 0 aliphatic rings. The molecule has 3 aromatic carbocycles. The molecule has 0 aromatic heterocycles. The van der Waals surface area contributed by atoms with Crippen molar-refractivity contribution in [2.45, 2.75) is 18.7 Å². The molecule has 4 nitrogen and oxygen atoms in total. The predicted molar refractivity (Wildman–Crippen MR) is 114 cm³/mol. The first-order chi connectivity index (χ1) is 13.0. The van der Waals surface area contributed by atoms with Crippen LogP contribution in [0.4, 0.5) is 11.4 Å². The first kappa shape index (κ1) is 19.3. The molecule has 0 heterocycles. The fraction of sp³-hybridized carbons (Fsp3) is 0.143. The lowest BCUT2D eigenvalue weighted by atomic mass is 10.1. The van der Waals surface area contributed by atoms with Crippen molar-refractivity contribution in [3.05, 3.63) is 65.2 Å². The number of carbonyl (C=O) groups excluding carboxylic acids is 2. The smallest absolute Gasteiger partial charge is 0.234 e. The largest absolute Gasteiger partial charge is 0.326 e. The summed E-state index contributed by atoms with van der Waals surface area (Å²) in [6, 6.07) is 17.1. The Kier molecular flexibility index (Phi) is 6.04. The van der Waals surface area contributed by atoms with Crippen LogP contribution in [0.2, 0.25) is 5.02 Å². The Hall–Kier alpha value is -2.50. The van der Waals surface area contributed by atoms with Crippen LogP contribution in [0.1, 0.15) is 12.5 Å². The van der Waals surface area contributed by atoms with Gasteiger partial charge in [0.25, 0.3) is 0 Å². The van der Waals surface area contributed by atoms with E-state index >= 15 is 0 Å². The highest BCUT2D eigenvalue weighted by atomic mass is 35.5. The van der Waals surface area contributed by atoms with Crippen molar-refractivity contribution in [1.29, 1.82) is 0 Å². The zero-order valence-electron chi connectivity index (χ0n) is 15.0. The third-order valence-electron chi connectivity index (χ3n) is 4.09. The Morgan fingerprint density at radius 2 is 1.59 bits per heavy atom. The van der Waals surface area contributed by atoms with E-state index in [0.717, 1.165) is 21.2 Å². The molecular formula is C21H19ClN2O2S. The Balaban J connectivity index is 1.72. The van der Waals surface area contributed by atoms with E-state index in [9.17, 15) is 9.59 Å². The van der Waals surface area contributed by atoms with Crippen molar-refractivity contribution >= 4 is 57.3 Å². The van der Waals surface area contributed by atoms with Crippen molar-refractivity contribution in [2.75, 3.05) is 16.4 Å². The minimum absolute atomic E-state index is 0.118. The first-order valence-corrected chi connectivity index (χ1v) is 9.79. The van der Waals surface area contributed by atoms with Crippen molar-refractivity contribution in [3.63, 3.8) is 0 Å². The maximum atomic E-state index is 12.4. The van der Waals surface area contributed by atoms with Crippen LogP contribution in [0.15, 0.2) is 59.5 Å². The second-order valence-electron chi connectivity index (χ2n) is 6.09. The minimum Gasteiger partial charge on any atom is -0.326 e. The second-order valence-corrected chi connectivity index (χ2v) is 7.51. The van der Waals surface area contributed by atoms with Gasteiger partial charge in [0, 0.05) is 33.6 Å². The van der Waals surface area contributed by atoms with Gasteiger partial charge in [-0.2, -0.15) is 0 Å². The van der Waals surface area contributed by atoms with Gasteiger partial charge >= 0.3 is 0 Å². The lowest BCUT2D eigenvalue weighted by Crippen LogP contribution is -2.16. The molecule has 0 radical (unpaired) electrons. The standard InChI is InChI=1S/C21H19ClN2O2S/c1-13-17(23-14(2)25)9-5-10-18(13)24-20(26)12-27-19-11-4-7-15-6-3-8-16(22)21(15)19/h3-11H,12H2,1-2H3,(H,23,25)(H,24,26). The summed E-state index contributed by atoms with van der Waals surface area (Å²) < 4.78 is 0. The third kappa shape index (κ3) is 4.62. The van der Waals surface area contributed by atoms with Crippen LogP contribution in [-0.2, 0) is 9.59 Å². The van der Waals surface area contributed by atoms with Gasteiger partial charge in [0.1, 0.15) is 0 Å². The van der Waals surface area contributed by atoms with Crippen molar-refractivity contribution in [1.82, 2.24) is 0 Å². The van der Waals surface area contributed by atoms with E-state index in [1.165, 1.54) is 18.7 Å². The van der Waals surface area contributed by atoms with E-state index < -0.39 is 0 Å². The number of anilines is 2. The third-order valence-corrected chi connectivity index (χ3v) is 5.47. The summed E-state index contributed by atoms with van der Waals surface area (Å²) in [5, 5.41) is 8.36. The highest BCUT2D eigenvalue weighted by molar-refractivity contribution is 8.00. The quantitative estimate of drug-likeness (QED) is 0.558. The number of carbonyl (C=O) groups is 2. The van der Waals surface area contributed by atoms with Crippen molar-refractivity contribution in [2.24, 2.45) is 0 Å². The number of hydrogen-bond acceptors (Lipinski definition) is 3. The van der Waals surface area contributed by atoms with Gasteiger partial charge in [0.2, 0.25) is 11.8 Å². The minimum atomic E-state index is -0.148. The highest BCUT2D eigenvalue weighted by Gasteiger charge is 2.11.